The number of carbonyl (C=O) groups is 1. The number of carbonyl (C=O) groups excluding carboxylic acids is 1. The Hall–Kier alpha value is -3.39. The highest BCUT2D eigenvalue weighted by atomic mass is 35.5. The molecule has 0 unspecified atom stereocenters. The second-order valence-electron chi connectivity index (χ2n) is 12.3. The first kappa shape index (κ1) is 27.4. The van der Waals surface area contributed by atoms with Crippen LogP contribution >= 0.6 is 11.6 Å². The van der Waals surface area contributed by atoms with Crippen LogP contribution < -0.4 is 10.1 Å². The number of nitrogens with zero attached hydrogens (tertiary/aromatic N) is 2. The number of benzene rings is 3. The van der Waals surface area contributed by atoms with Crippen molar-refractivity contribution in [1.82, 2.24) is 20.4 Å². The molecular formula is C34H37ClN4O3. The molecule has 8 heteroatoms. The molecule has 4 heterocycles. The maximum atomic E-state index is 13.4. The number of nitrogens with one attached hydrogen (secondary N) is 2. The molecular weight excluding hydrogens is 548 g/mol. The van der Waals surface area contributed by atoms with E-state index in [9.17, 15) is 4.79 Å². The Bertz CT molecular complexity index is 1570. The van der Waals surface area contributed by atoms with Crippen molar-refractivity contribution < 1.29 is 14.3 Å². The lowest BCUT2D eigenvalue weighted by Gasteiger charge is -2.46. The Balaban J connectivity index is 1.06. The molecule has 4 atom stereocenters. The lowest BCUT2D eigenvalue weighted by molar-refractivity contribution is -0.102. The van der Waals surface area contributed by atoms with Crippen molar-refractivity contribution in [2.24, 2.45) is 5.92 Å². The predicted octanol–water partition coefficient (Wildman–Crippen LogP) is 6.78. The molecule has 1 amide bonds. The standard InChI is InChI=1S/C34H37ClN4O3/c1-20(2)32(28-5-3-4-6-30(28)35)36-34(40)22-9-14-31-29(15-22)33(38-37-31)21-7-12-26(13-8-21)42-27-16-23-10-11-24(17-27)39(23)25-18-41-19-25/h3-9,12-15,20,23-25,27,32H,10-11,16-19H2,1-2H3,(H,36,40)(H,37,38)/t23-,24+,27+,32-/m0/s1. The summed E-state index contributed by atoms with van der Waals surface area (Å²) in [4.78, 5) is 16.1. The predicted molar refractivity (Wildman–Crippen MR) is 165 cm³/mol. The normalized spacial score (nSPS) is 23.2. The number of amides is 1. The lowest BCUT2D eigenvalue weighted by Crippen LogP contribution is -2.57. The van der Waals surface area contributed by atoms with E-state index in [1.54, 1.807) is 0 Å². The Labute approximate surface area is 251 Å². The van der Waals surface area contributed by atoms with Crippen molar-refractivity contribution in [1.29, 1.82) is 0 Å². The fraction of sp³-hybridized carbons (Fsp3) is 0.412. The molecule has 42 heavy (non-hydrogen) atoms. The smallest absolute Gasteiger partial charge is 0.251 e. The monoisotopic (exact) mass is 584 g/mol. The van der Waals surface area contributed by atoms with Crippen LogP contribution in [0.15, 0.2) is 66.7 Å². The minimum atomic E-state index is -0.201. The van der Waals surface area contributed by atoms with Crippen molar-refractivity contribution in [2.45, 2.75) is 69.8 Å². The molecule has 0 saturated carbocycles. The van der Waals surface area contributed by atoms with Crippen LogP contribution in [-0.4, -0.2) is 58.4 Å². The van der Waals surface area contributed by atoms with Gasteiger partial charge in [-0.25, -0.2) is 0 Å². The number of hydrogen-bond acceptors (Lipinski definition) is 5. The number of aromatic nitrogens is 2. The molecule has 3 saturated heterocycles. The van der Waals surface area contributed by atoms with Crippen LogP contribution in [0.3, 0.4) is 0 Å². The van der Waals surface area contributed by atoms with Gasteiger partial charge in [-0.05, 0) is 85.7 Å². The van der Waals surface area contributed by atoms with E-state index in [0.717, 1.165) is 59.5 Å². The third-order valence-electron chi connectivity index (χ3n) is 9.24. The average molecular weight is 585 g/mol. The Morgan fingerprint density at radius 1 is 1.02 bits per heavy atom. The molecule has 7 nitrogen and oxygen atoms in total. The van der Waals surface area contributed by atoms with Crippen molar-refractivity contribution >= 4 is 28.4 Å². The van der Waals surface area contributed by atoms with Gasteiger partial charge in [0.15, 0.2) is 0 Å². The van der Waals surface area contributed by atoms with Gasteiger partial charge in [0, 0.05) is 33.6 Å². The van der Waals surface area contributed by atoms with Crippen molar-refractivity contribution in [3.8, 4) is 17.0 Å². The van der Waals surface area contributed by atoms with Gasteiger partial charge in [-0.3, -0.25) is 14.8 Å². The van der Waals surface area contributed by atoms with Gasteiger partial charge < -0.3 is 14.8 Å². The number of hydrogen-bond donors (Lipinski definition) is 2. The summed E-state index contributed by atoms with van der Waals surface area (Å²) in [5.74, 6) is 0.918. The first-order chi connectivity index (χ1) is 20.4. The SMILES string of the molecule is CC(C)[C@H](NC(=O)c1ccc2[nH]nc(-c3ccc(O[C@H]4C[C@H]5CC[C@@H](C4)N5C4COC4)cc3)c2c1)c1ccccc1Cl. The highest BCUT2D eigenvalue weighted by molar-refractivity contribution is 6.31. The van der Waals surface area contributed by atoms with Gasteiger partial charge in [-0.1, -0.05) is 43.6 Å². The van der Waals surface area contributed by atoms with Gasteiger partial charge in [0.2, 0.25) is 0 Å². The van der Waals surface area contributed by atoms with Crippen molar-refractivity contribution in [3.05, 3.63) is 82.9 Å². The maximum Gasteiger partial charge on any atom is 0.251 e. The van der Waals surface area contributed by atoms with E-state index in [2.05, 4.69) is 46.4 Å². The summed E-state index contributed by atoms with van der Waals surface area (Å²) in [6.45, 7) is 5.93. The van der Waals surface area contributed by atoms with Gasteiger partial charge >= 0.3 is 0 Å². The number of H-pyrrole nitrogens is 1. The zero-order chi connectivity index (χ0) is 28.8. The first-order valence-electron chi connectivity index (χ1n) is 15.1. The molecule has 3 aromatic carbocycles. The van der Waals surface area contributed by atoms with E-state index in [1.165, 1.54) is 12.8 Å². The van der Waals surface area contributed by atoms with Crippen LogP contribution in [0, 0.1) is 5.92 Å². The summed E-state index contributed by atoms with van der Waals surface area (Å²) < 4.78 is 11.9. The summed E-state index contributed by atoms with van der Waals surface area (Å²) in [6, 6.07) is 23.1. The quantitative estimate of drug-likeness (QED) is 0.238. The van der Waals surface area contributed by atoms with Crippen LogP contribution in [0.25, 0.3) is 22.2 Å². The second-order valence-corrected chi connectivity index (χ2v) is 12.7. The van der Waals surface area contributed by atoms with Crippen LogP contribution in [0.5, 0.6) is 5.75 Å². The molecule has 3 aliphatic rings. The van der Waals surface area contributed by atoms with Gasteiger partial charge in [-0.15, -0.1) is 0 Å². The fourth-order valence-electron chi connectivity index (χ4n) is 7.07. The van der Waals surface area contributed by atoms with Crippen molar-refractivity contribution in [3.63, 3.8) is 0 Å². The summed E-state index contributed by atoms with van der Waals surface area (Å²) in [6.07, 6.45) is 4.95. The number of rotatable bonds is 8. The van der Waals surface area contributed by atoms with Gasteiger partial charge in [0.05, 0.1) is 36.5 Å². The molecule has 7 rings (SSSR count). The number of ether oxygens (including phenoxy) is 2. The summed E-state index contributed by atoms with van der Waals surface area (Å²) in [7, 11) is 0. The highest BCUT2D eigenvalue weighted by Gasteiger charge is 2.46. The molecule has 2 bridgehead atoms. The summed E-state index contributed by atoms with van der Waals surface area (Å²) in [5, 5.41) is 12.5. The topological polar surface area (TPSA) is 79.5 Å². The highest BCUT2D eigenvalue weighted by Crippen LogP contribution is 2.40. The maximum absolute atomic E-state index is 13.4. The van der Waals surface area contributed by atoms with E-state index in [0.29, 0.717) is 28.7 Å². The summed E-state index contributed by atoms with van der Waals surface area (Å²) in [5.41, 5.74) is 4.17. The number of aromatic amines is 1. The number of halogens is 1. The summed E-state index contributed by atoms with van der Waals surface area (Å²) >= 11 is 6.47. The third-order valence-corrected chi connectivity index (χ3v) is 9.58. The van der Waals surface area contributed by atoms with Crippen LogP contribution in [0.2, 0.25) is 5.02 Å². The van der Waals surface area contributed by atoms with E-state index < -0.39 is 0 Å². The molecule has 3 fully saturated rings. The minimum absolute atomic E-state index is 0.142. The van der Waals surface area contributed by atoms with E-state index >= 15 is 0 Å². The zero-order valence-corrected chi connectivity index (χ0v) is 24.8. The Kier molecular flexibility index (Phi) is 7.42. The number of piperidine rings is 1. The van der Waals surface area contributed by atoms with Gasteiger partial charge in [0.1, 0.15) is 11.9 Å². The molecule has 2 N–H and O–H groups in total. The Morgan fingerprint density at radius 2 is 1.76 bits per heavy atom. The van der Waals surface area contributed by atoms with Gasteiger partial charge in [-0.2, -0.15) is 5.10 Å². The van der Waals surface area contributed by atoms with Crippen LogP contribution in [0.1, 0.15) is 61.5 Å². The molecule has 3 aliphatic heterocycles. The minimum Gasteiger partial charge on any atom is -0.490 e. The lowest BCUT2D eigenvalue weighted by atomic mass is 9.95. The molecule has 4 aromatic rings. The molecule has 0 spiro atoms. The average Bonchev–Trinajstić information content (AvgIpc) is 3.48. The third kappa shape index (κ3) is 5.19. The van der Waals surface area contributed by atoms with E-state index in [4.69, 9.17) is 21.1 Å². The molecule has 0 radical (unpaired) electrons. The molecule has 218 valence electrons. The van der Waals surface area contributed by atoms with E-state index in [-0.39, 0.29) is 24.0 Å². The molecule has 0 aliphatic carbocycles. The van der Waals surface area contributed by atoms with Crippen LogP contribution in [-0.2, 0) is 4.74 Å². The van der Waals surface area contributed by atoms with Crippen molar-refractivity contribution in [2.75, 3.05) is 13.2 Å². The largest absolute Gasteiger partial charge is 0.490 e. The van der Waals surface area contributed by atoms with Crippen LogP contribution in [0.4, 0.5) is 0 Å². The fourth-order valence-corrected chi connectivity index (χ4v) is 7.32. The zero-order valence-electron chi connectivity index (χ0n) is 24.1. The van der Waals surface area contributed by atoms with E-state index in [1.807, 2.05) is 54.6 Å². The Morgan fingerprint density at radius 3 is 2.43 bits per heavy atom. The second kappa shape index (κ2) is 11.4. The first-order valence-corrected chi connectivity index (χ1v) is 15.5. The number of fused-ring (bicyclic) bond motifs is 3. The van der Waals surface area contributed by atoms with Gasteiger partial charge in [0.25, 0.3) is 5.91 Å². The molecule has 1 aromatic heterocycles.